The molecule has 0 fully saturated rings. The van der Waals surface area contributed by atoms with E-state index < -0.39 is 0 Å². The molecule has 4 nitrogen and oxygen atoms in total. The molecule has 0 unspecified atom stereocenters. The molecule has 0 aromatic heterocycles. The number of oxime groups is 1. The van der Waals surface area contributed by atoms with Gasteiger partial charge in [0.2, 0.25) is 5.96 Å². The van der Waals surface area contributed by atoms with Gasteiger partial charge in [0.25, 0.3) is 0 Å². The summed E-state index contributed by atoms with van der Waals surface area (Å²) in [7, 11) is 1.72. The predicted octanol–water partition coefficient (Wildman–Crippen LogP) is 1.48. The lowest BCUT2D eigenvalue weighted by Crippen LogP contribution is -2.33. The topological polar surface area (TPSA) is 61.8 Å². The van der Waals surface area contributed by atoms with Gasteiger partial charge in [-0.1, -0.05) is 35.0 Å². The van der Waals surface area contributed by atoms with Crippen LogP contribution in [-0.2, 0) is 6.54 Å². The Kier molecular flexibility index (Phi) is 3.59. The highest BCUT2D eigenvalue weighted by molar-refractivity contribution is 6.31. The quantitative estimate of drug-likeness (QED) is 0.339. The summed E-state index contributed by atoms with van der Waals surface area (Å²) in [6.45, 7) is 0.509. The van der Waals surface area contributed by atoms with Gasteiger partial charge in [0.15, 0.2) is 0 Å². The van der Waals surface area contributed by atoms with Crippen molar-refractivity contribution in [2.75, 3.05) is 7.05 Å². The Hall–Kier alpha value is -1.42. The molecule has 0 bridgehead atoms. The van der Waals surface area contributed by atoms with Crippen molar-refractivity contribution in [3.8, 4) is 0 Å². The van der Waals surface area contributed by atoms with Gasteiger partial charge in [0.1, 0.15) is 0 Å². The summed E-state index contributed by atoms with van der Waals surface area (Å²) < 4.78 is 0. The number of nitrogens with two attached hydrogens (primary N) is 1. The molecule has 0 spiro atoms. The van der Waals surface area contributed by atoms with E-state index in [0.717, 1.165) is 5.56 Å². The highest BCUT2D eigenvalue weighted by atomic mass is 35.5. The molecule has 0 aliphatic carbocycles. The Morgan fingerprint density at radius 2 is 2.21 bits per heavy atom. The fraction of sp³-hybridized carbons (Fsp3) is 0.222. The Bertz CT molecular complexity index is 341. The molecule has 0 amide bonds. The Morgan fingerprint density at radius 3 is 2.79 bits per heavy atom. The number of rotatable bonds is 2. The lowest BCUT2D eigenvalue weighted by atomic mass is 10.2. The first-order valence-electron chi connectivity index (χ1n) is 4.07. The smallest absolute Gasteiger partial charge is 0.233 e. The zero-order valence-corrected chi connectivity index (χ0v) is 8.57. The van der Waals surface area contributed by atoms with Crippen molar-refractivity contribution in [3.05, 3.63) is 34.9 Å². The molecule has 0 aliphatic rings. The third kappa shape index (κ3) is 2.53. The molecule has 0 heterocycles. The fourth-order valence-corrected chi connectivity index (χ4v) is 1.23. The van der Waals surface area contributed by atoms with Gasteiger partial charge in [-0.05, 0) is 11.6 Å². The van der Waals surface area contributed by atoms with Crippen LogP contribution >= 0.6 is 11.6 Å². The second-order valence-corrected chi connectivity index (χ2v) is 3.31. The summed E-state index contributed by atoms with van der Waals surface area (Å²) in [5.74, 6) is 0.0601. The largest absolute Gasteiger partial charge is 0.408 e. The monoisotopic (exact) mass is 213 g/mol. The van der Waals surface area contributed by atoms with Crippen molar-refractivity contribution in [3.63, 3.8) is 0 Å². The second kappa shape index (κ2) is 4.72. The Balaban J connectivity index is 2.74. The first kappa shape index (κ1) is 10.7. The number of guanidine groups is 1. The molecule has 14 heavy (non-hydrogen) atoms. The van der Waals surface area contributed by atoms with E-state index in [4.69, 9.17) is 22.5 Å². The molecule has 1 aromatic carbocycles. The van der Waals surface area contributed by atoms with Gasteiger partial charge in [-0.25, -0.2) is 0 Å². The van der Waals surface area contributed by atoms with Gasteiger partial charge < -0.3 is 15.8 Å². The van der Waals surface area contributed by atoms with E-state index in [1.165, 1.54) is 0 Å². The van der Waals surface area contributed by atoms with E-state index in [2.05, 4.69) is 5.16 Å². The van der Waals surface area contributed by atoms with E-state index in [0.29, 0.717) is 11.6 Å². The van der Waals surface area contributed by atoms with Gasteiger partial charge >= 0.3 is 0 Å². The standard InChI is InChI=1S/C9H12ClN3O/c1-13(9(11)12-14)6-7-4-2-3-5-8(7)10/h2-5,14H,6H2,1H3,(H2,11,12). The average molecular weight is 214 g/mol. The summed E-state index contributed by atoms with van der Waals surface area (Å²) >= 11 is 5.95. The molecule has 0 aliphatic heterocycles. The minimum atomic E-state index is 0.0601. The zero-order chi connectivity index (χ0) is 10.6. The molecule has 0 radical (unpaired) electrons. The molecule has 0 atom stereocenters. The summed E-state index contributed by atoms with van der Waals surface area (Å²) in [5.41, 5.74) is 6.33. The molecular formula is C9H12ClN3O. The third-order valence-corrected chi connectivity index (χ3v) is 2.23. The van der Waals surface area contributed by atoms with E-state index in [9.17, 15) is 0 Å². The van der Waals surface area contributed by atoms with Crippen LogP contribution in [0.1, 0.15) is 5.56 Å². The molecule has 1 rings (SSSR count). The van der Waals surface area contributed by atoms with Gasteiger partial charge in [-0.15, -0.1) is 0 Å². The Labute approximate surface area is 87.6 Å². The van der Waals surface area contributed by atoms with Crippen molar-refractivity contribution < 1.29 is 5.21 Å². The minimum Gasteiger partial charge on any atom is -0.408 e. The van der Waals surface area contributed by atoms with Crippen LogP contribution in [-0.4, -0.2) is 23.1 Å². The van der Waals surface area contributed by atoms with Crippen LogP contribution < -0.4 is 5.73 Å². The number of hydrogen-bond donors (Lipinski definition) is 2. The maximum absolute atomic E-state index is 8.44. The van der Waals surface area contributed by atoms with Gasteiger partial charge in [0.05, 0.1) is 0 Å². The molecule has 1 aromatic rings. The maximum Gasteiger partial charge on any atom is 0.233 e. The Morgan fingerprint density at radius 1 is 1.57 bits per heavy atom. The first-order valence-corrected chi connectivity index (χ1v) is 4.45. The van der Waals surface area contributed by atoms with Crippen LogP contribution in [0.3, 0.4) is 0 Å². The van der Waals surface area contributed by atoms with Crippen LogP contribution in [0.25, 0.3) is 0 Å². The van der Waals surface area contributed by atoms with Crippen LogP contribution in [0.2, 0.25) is 5.02 Å². The predicted molar refractivity (Wildman–Crippen MR) is 56.3 cm³/mol. The number of benzene rings is 1. The normalized spacial score (nSPS) is 11.4. The van der Waals surface area contributed by atoms with Crippen molar-refractivity contribution in [2.24, 2.45) is 10.9 Å². The van der Waals surface area contributed by atoms with E-state index in [-0.39, 0.29) is 5.96 Å². The summed E-state index contributed by atoms with van der Waals surface area (Å²) in [6.07, 6.45) is 0. The molecule has 0 saturated carbocycles. The lowest BCUT2D eigenvalue weighted by Gasteiger charge is -2.17. The molecule has 0 saturated heterocycles. The third-order valence-electron chi connectivity index (χ3n) is 1.86. The fourth-order valence-electron chi connectivity index (χ4n) is 1.04. The first-order chi connectivity index (χ1) is 6.65. The van der Waals surface area contributed by atoms with Gasteiger partial charge in [-0.3, -0.25) is 0 Å². The zero-order valence-electron chi connectivity index (χ0n) is 7.81. The second-order valence-electron chi connectivity index (χ2n) is 2.91. The van der Waals surface area contributed by atoms with Crippen LogP contribution in [0.5, 0.6) is 0 Å². The van der Waals surface area contributed by atoms with Crippen LogP contribution in [0.15, 0.2) is 29.4 Å². The van der Waals surface area contributed by atoms with Crippen LogP contribution in [0, 0.1) is 0 Å². The SMILES string of the molecule is CN(Cc1ccccc1Cl)C(N)=NO. The van der Waals surface area contributed by atoms with Crippen molar-refractivity contribution in [1.82, 2.24) is 4.90 Å². The lowest BCUT2D eigenvalue weighted by molar-refractivity contribution is 0.304. The number of hydrogen-bond acceptors (Lipinski definition) is 2. The highest BCUT2D eigenvalue weighted by Gasteiger charge is 2.05. The summed E-state index contributed by atoms with van der Waals surface area (Å²) in [6, 6.07) is 7.44. The molecular weight excluding hydrogens is 202 g/mol. The van der Waals surface area contributed by atoms with Crippen molar-refractivity contribution in [2.45, 2.75) is 6.54 Å². The van der Waals surface area contributed by atoms with Gasteiger partial charge in [0, 0.05) is 18.6 Å². The van der Waals surface area contributed by atoms with E-state index in [1.54, 1.807) is 18.0 Å². The number of nitrogens with zero attached hydrogens (tertiary/aromatic N) is 2. The highest BCUT2D eigenvalue weighted by Crippen LogP contribution is 2.16. The molecule has 3 N–H and O–H groups in total. The number of halogens is 1. The summed E-state index contributed by atoms with van der Waals surface area (Å²) in [5, 5.41) is 12.0. The van der Waals surface area contributed by atoms with Crippen molar-refractivity contribution in [1.29, 1.82) is 0 Å². The van der Waals surface area contributed by atoms with Crippen LogP contribution in [0.4, 0.5) is 0 Å². The average Bonchev–Trinajstić information content (AvgIpc) is 2.20. The maximum atomic E-state index is 8.44. The molecule has 5 heteroatoms. The van der Waals surface area contributed by atoms with E-state index >= 15 is 0 Å². The summed E-state index contributed by atoms with van der Waals surface area (Å²) in [4.78, 5) is 1.60. The van der Waals surface area contributed by atoms with Crippen molar-refractivity contribution >= 4 is 17.6 Å². The van der Waals surface area contributed by atoms with Gasteiger partial charge in [-0.2, -0.15) is 0 Å². The minimum absolute atomic E-state index is 0.0601. The molecule has 76 valence electrons. The van der Waals surface area contributed by atoms with E-state index in [1.807, 2.05) is 18.2 Å².